The fourth-order valence-corrected chi connectivity index (χ4v) is 2.82. The standard InChI is InChI=1S/C17H27N3O2/c1-14(16(18)15-6-4-3-5-7-15)17(21)20-10-8-19(9-11-20)12-13-22-2/h3-7,14,16H,8-13,18H2,1-2H3. The number of nitrogens with two attached hydrogens (primary N) is 1. The lowest BCUT2D eigenvalue weighted by Gasteiger charge is -2.36. The van der Waals surface area contributed by atoms with Gasteiger partial charge in [-0.2, -0.15) is 0 Å². The van der Waals surface area contributed by atoms with E-state index in [-0.39, 0.29) is 17.9 Å². The van der Waals surface area contributed by atoms with E-state index in [0.717, 1.165) is 44.9 Å². The average Bonchev–Trinajstić information content (AvgIpc) is 2.59. The number of benzene rings is 1. The van der Waals surface area contributed by atoms with Gasteiger partial charge < -0.3 is 15.4 Å². The molecule has 22 heavy (non-hydrogen) atoms. The van der Waals surface area contributed by atoms with E-state index in [1.807, 2.05) is 42.2 Å². The fraction of sp³-hybridized carbons (Fsp3) is 0.588. The minimum absolute atomic E-state index is 0.155. The largest absolute Gasteiger partial charge is 0.383 e. The summed E-state index contributed by atoms with van der Waals surface area (Å²) < 4.78 is 5.10. The van der Waals surface area contributed by atoms with Gasteiger partial charge in [-0.25, -0.2) is 0 Å². The fourth-order valence-electron chi connectivity index (χ4n) is 2.82. The molecule has 1 aliphatic rings. The van der Waals surface area contributed by atoms with Gasteiger partial charge in [-0.1, -0.05) is 37.3 Å². The lowest BCUT2D eigenvalue weighted by atomic mass is 9.94. The Kier molecular flexibility index (Phi) is 6.36. The summed E-state index contributed by atoms with van der Waals surface area (Å²) in [4.78, 5) is 16.9. The van der Waals surface area contributed by atoms with Crippen LogP contribution in [0.5, 0.6) is 0 Å². The summed E-state index contributed by atoms with van der Waals surface area (Å²) >= 11 is 0. The van der Waals surface area contributed by atoms with Gasteiger partial charge in [-0.05, 0) is 5.56 Å². The summed E-state index contributed by atoms with van der Waals surface area (Å²) in [5.41, 5.74) is 7.28. The van der Waals surface area contributed by atoms with Crippen LogP contribution >= 0.6 is 0 Å². The van der Waals surface area contributed by atoms with Gasteiger partial charge in [-0.3, -0.25) is 9.69 Å². The summed E-state index contributed by atoms with van der Waals surface area (Å²) in [6.07, 6.45) is 0. The second-order valence-electron chi connectivity index (χ2n) is 5.88. The number of hydrogen-bond acceptors (Lipinski definition) is 4. The maximum atomic E-state index is 12.6. The van der Waals surface area contributed by atoms with Crippen molar-refractivity contribution in [1.29, 1.82) is 0 Å². The number of carbonyl (C=O) groups excluding carboxylic acids is 1. The summed E-state index contributed by atoms with van der Waals surface area (Å²) in [5, 5.41) is 0. The molecule has 1 aliphatic heterocycles. The second-order valence-corrected chi connectivity index (χ2v) is 5.88. The molecule has 2 N–H and O–H groups in total. The van der Waals surface area contributed by atoms with Crippen molar-refractivity contribution in [1.82, 2.24) is 9.80 Å². The highest BCUT2D eigenvalue weighted by Gasteiger charge is 2.28. The molecule has 122 valence electrons. The number of methoxy groups -OCH3 is 1. The third-order valence-electron chi connectivity index (χ3n) is 4.41. The molecule has 1 aromatic rings. The molecule has 0 radical (unpaired) electrons. The van der Waals surface area contributed by atoms with Crippen LogP contribution in [0.4, 0.5) is 0 Å². The normalized spacial score (nSPS) is 19.0. The van der Waals surface area contributed by atoms with Crippen LogP contribution in [-0.4, -0.2) is 62.1 Å². The first-order valence-electron chi connectivity index (χ1n) is 7.94. The SMILES string of the molecule is COCCN1CCN(C(=O)C(C)C(N)c2ccccc2)CC1. The number of ether oxygens (including phenoxy) is 1. The van der Waals surface area contributed by atoms with E-state index in [2.05, 4.69) is 4.90 Å². The molecule has 1 aromatic carbocycles. The molecule has 5 nitrogen and oxygen atoms in total. The zero-order valence-electron chi connectivity index (χ0n) is 13.6. The molecule has 1 amide bonds. The van der Waals surface area contributed by atoms with Crippen molar-refractivity contribution >= 4 is 5.91 Å². The van der Waals surface area contributed by atoms with Crippen molar-refractivity contribution in [3.05, 3.63) is 35.9 Å². The van der Waals surface area contributed by atoms with Crippen molar-refractivity contribution in [2.24, 2.45) is 11.7 Å². The van der Waals surface area contributed by atoms with Crippen LogP contribution in [0.3, 0.4) is 0 Å². The molecule has 0 aromatic heterocycles. The van der Waals surface area contributed by atoms with Crippen LogP contribution in [0, 0.1) is 5.92 Å². The molecule has 0 saturated carbocycles. The van der Waals surface area contributed by atoms with Crippen molar-refractivity contribution in [2.45, 2.75) is 13.0 Å². The first kappa shape index (κ1) is 16.9. The van der Waals surface area contributed by atoms with Crippen molar-refractivity contribution < 1.29 is 9.53 Å². The first-order chi connectivity index (χ1) is 10.6. The third-order valence-corrected chi connectivity index (χ3v) is 4.41. The van der Waals surface area contributed by atoms with E-state index in [0.29, 0.717) is 0 Å². The zero-order chi connectivity index (χ0) is 15.9. The molecule has 0 bridgehead atoms. The van der Waals surface area contributed by atoms with Gasteiger partial charge in [-0.15, -0.1) is 0 Å². The minimum atomic E-state index is -0.250. The van der Waals surface area contributed by atoms with Crippen LogP contribution < -0.4 is 5.73 Å². The van der Waals surface area contributed by atoms with Crippen LogP contribution in [-0.2, 0) is 9.53 Å². The third kappa shape index (κ3) is 4.29. The number of amides is 1. The van der Waals surface area contributed by atoms with E-state index >= 15 is 0 Å². The molecule has 1 fully saturated rings. The Hall–Kier alpha value is -1.43. The van der Waals surface area contributed by atoms with Gasteiger partial charge in [0.1, 0.15) is 0 Å². The Bertz CT molecular complexity index is 458. The van der Waals surface area contributed by atoms with E-state index in [4.69, 9.17) is 10.5 Å². The smallest absolute Gasteiger partial charge is 0.227 e. The minimum Gasteiger partial charge on any atom is -0.383 e. The van der Waals surface area contributed by atoms with Crippen LogP contribution in [0.2, 0.25) is 0 Å². The number of hydrogen-bond donors (Lipinski definition) is 1. The second kappa shape index (κ2) is 8.27. The number of carbonyl (C=O) groups is 1. The molecule has 2 atom stereocenters. The zero-order valence-corrected chi connectivity index (χ0v) is 13.6. The van der Waals surface area contributed by atoms with Crippen molar-refractivity contribution in [3.63, 3.8) is 0 Å². The number of nitrogens with zero attached hydrogens (tertiary/aromatic N) is 2. The highest BCUT2D eigenvalue weighted by Crippen LogP contribution is 2.21. The predicted molar refractivity (Wildman–Crippen MR) is 87.4 cm³/mol. The Morgan fingerprint density at radius 3 is 2.45 bits per heavy atom. The van der Waals surface area contributed by atoms with Gasteiger partial charge in [0, 0.05) is 45.9 Å². The quantitative estimate of drug-likeness (QED) is 0.855. The van der Waals surface area contributed by atoms with Gasteiger partial charge in [0.2, 0.25) is 5.91 Å². The topological polar surface area (TPSA) is 58.8 Å². The van der Waals surface area contributed by atoms with Crippen LogP contribution in [0.25, 0.3) is 0 Å². The highest BCUT2D eigenvalue weighted by atomic mass is 16.5. The van der Waals surface area contributed by atoms with Crippen molar-refractivity contribution in [3.8, 4) is 0 Å². The first-order valence-corrected chi connectivity index (χ1v) is 7.94. The molecule has 2 unspecified atom stereocenters. The summed E-state index contributed by atoms with van der Waals surface area (Å²) in [7, 11) is 1.71. The Labute approximate surface area is 133 Å². The number of rotatable bonds is 6. The van der Waals surface area contributed by atoms with E-state index in [9.17, 15) is 4.79 Å². The maximum Gasteiger partial charge on any atom is 0.227 e. The van der Waals surface area contributed by atoms with Gasteiger partial charge in [0.05, 0.1) is 12.5 Å². The summed E-state index contributed by atoms with van der Waals surface area (Å²) in [6, 6.07) is 9.60. The van der Waals surface area contributed by atoms with E-state index < -0.39 is 0 Å². The molecule has 1 saturated heterocycles. The molecule has 1 heterocycles. The summed E-state index contributed by atoms with van der Waals surface area (Å²) in [5.74, 6) is -0.0457. The number of piperazine rings is 1. The average molecular weight is 305 g/mol. The Balaban J connectivity index is 1.86. The summed E-state index contributed by atoms with van der Waals surface area (Å²) in [6.45, 7) is 6.95. The molecule has 2 rings (SSSR count). The predicted octanol–water partition coefficient (Wildman–Crippen LogP) is 1.11. The monoisotopic (exact) mass is 305 g/mol. The van der Waals surface area contributed by atoms with Crippen LogP contribution in [0.1, 0.15) is 18.5 Å². The molecule has 0 aliphatic carbocycles. The van der Waals surface area contributed by atoms with Gasteiger partial charge in [0.15, 0.2) is 0 Å². The molecule has 0 spiro atoms. The lowest BCUT2D eigenvalue weighted by Crippen LogP contribution is -2.51. The van der Waals surface area contributed by atoms with Crippen LogP contribution in [0.15, 0.2) is 30.3 Å². The van der Waals surface area contributed by atoms with Crippen molar-refractivity contribution in [2.75, 3.05) is 46.4 Å². The Morgan fingerprint density at radius 2 is 1.86 bits per heavy atom. The molecular formula is C17H27N3O2. The van der Waals surface area contributed by atoms with Gasteiger partial charge in [0.25, 0.3) is 0 Å². The Morgan fingerprint density at radius 1 is 1.23 bits per heavy atom. The van der Waals surface area contributed by atoms with Gasteiger partial charge >= 0.3 is 0 Å². The van der Waals surface area contributed by atoms with E-state index in [1.165, 1.54) is 0 Å². The van der Waals surface area contributed by atoms with E-state index in [1.54, 1.807) is 7.11 Å². The maximum absolute atomic E-state index is 12.6. The lowest BCUT2D eigenvalue weighted by molar-refractivity contribution is -0.137. The molecular weight excluding hydrogens is 278 g/mol. The molecule has 5 heteroatoms. The highest BCUT2D eigenvalue weighted by molar-refractivity contribution is 5.79.